The lowest BCUT2D eigenvalue weighted by Gasteiger charge is -2.59. The zero-order chi connectivity index (χ0) is 21.4. The highest BCUT2D eigenvalue weighted by Crippen LogP contribution is 2.69. The van der Waals surface area contributed by atoms with E-state index in [1.54, 1.807) is 0 Å². The number of carbonyl (C=O) groups excluding carboxylic acids is 3. The smallest absolute Gasteiger partial charge is 0.303 e. The van der Waals surface area contributed by atoms with Crippen LogP contribution in [0.25, 0.3) is 0 Å². The third-order valence-electron chi connectivity index (χ3n) is 8.88. The van der Waals surface area contributed by atoms with Crippen molar-refractivity contribution in [2.45, 2.75) is 71.8 Å². The number of Topliss-reactive ketones (excluding diaryl/α,β-unsaturated/α-hetero) is 1. The monoisotopic (exact) mass is 396 g/mol. The SMILES string of the molecule is C=C1C[C@@H]2[C@H](CC[C@@]3(C)[C@H]2CC(=C)[C@@]3(OC(C)=O)C(C)=O)[C@@]2(C)CCC(=O)C=C12. The summed E-state index contributed by atoms with van der Waals surface area (Å²) in [6.07, 6.45) is 6.60. The Labute approximate surface area is 173 Å². The third kappa shape index (κ3) is 2.47. The Bertz CT molecular complexity index is 879. The van der Waals surface area contributed by atoms with Crippen molar-refractivity contribution in [2.24, 2.45) is 28.6 Å². The van der Waals surface area contributed by atoms with E-state index < -0.39 is 17.0 Å². The van der Waals surface area contributed by atoms with Gasteiger partial charge in [-0.1, -0.05) is 32.6 Å². The fraction of sp³-hybridized carbons (Fsp3) is 0.640. The fourth-order valence-corrected chi connectivity index (χ4v) is 7.64. The van der Waals surface area contributed by atoms with Crippen molar-refractivity contribution in [1.82, 2.24) is 0 Å². The molecule has 3 saturated carbocycles. The maximum atomic E-state index is 12.9. The molecule has 0 spiro atoms. The van der Waals surface area contributed by atoms with Crippen LogP contribution in [0, 0.1) is 28.6 Å². The molecule has 3 fully saturated rings. The van der Waals surface area contributed by atoms with E-state index in [1.165, 1.54) is 13.8 Å². The van der Waals surface area contributed by atoms with Gasteiger partial charge in [-0.2, -0.15) is 0 Å². The summed E-state index contributed by atoms with van der Waals surface area (Å²) in [5, 5.41) is 0. The van der Waals surface area contributed by atoms with E-state index in [9.17, 15) is 14.4 Å². The first-order chi connectivity index (χ1) is 13.5. The quantitative estimate of drug-likeness (QED) is 0.500. The van der Waals surface area contributed by atoms with Crippen molar-refractivity contribution in [3.05, 3.63) is 36.0 Å². The molecule has 156 valence electrons. The summed E-state index contributed by atoms with van der Waals surface area (Å²) in [5.74, 6) is 0.665. The first-order valence-corrected chi connectivity index (χ1v) is 10.8. The molecule has 4 aliphatic carbocycles. The van der Waals surface area contributed by atoms with Crippen molar-refractivity contribution < 1.29 is 19.1 Å². The van der Waals surface area contributed by atoms with Gasteiger partial charge in [-0.25, -0.2) is 0 Å². The molecule has 0 radical (unpaired) electrons. The molecule has 0 bridgehead atoms. The zero-order valence-corrected chi connectivity index (χ0v) is 18.1. The molecule has 0 aliphatic heterocycles. The van der Waals surface area contributed by atoms with Crippen LogP contribution in [0.1, 0.15) is 66.2 Å². The fourth-order valence-electron chi connectivity index (χ4n) is 7.64. The van der Waals surface area contributed by atoms with Crippen molar-refractivity contribution in [3.8, 4) is 0 Å². The molecule has 4 rings (SSSR count). The van der Waals surface area contributed by atoms with Crippen molar-refractivity contribution in [1.29, 1.82) is 0 Å². The molecular formula is C25H32O4. The average molecular weight is 397 g/mol. The van der Waals surface area contributed by atoms with Gasteiger partial charge in [-0.3, -0.25) is 14.4 Å². The second-order valence-electron chi connectivity index (χ2n) is 10.2. The number of carbonyl (C=O) groups is 3. The van der Waals surface area contributed by atoms with E-state index >= 15 is 0 Å². The number of rotatable bonds is 2. The van der Waals surface area contributed by atoms with Crippen molar-refractivity contribution in [3.63, 3.8) is 0 Å². The van der Waals surface area contributed by atoms with Crippen LogP contribution >= 0.6 is 0 Å². The maximum Gasteiger partial charge on any atom is 0.303 e. The molecule has 6 atom stereocenters. The van der Waals surface area contributed by atoms with Crippen LogP contribution in [-0.4, -0.2) is 23.1 Å². The van der Waals surface area contributed by atoms with Crippen LogP contribution in [0.2, 0.25) is 0 Å². The Balaban J connectivity index is 1.79. The van der Waals surface area contributed by atoms with Gasteiger partial charge < -0.3 is 4.74 Å². The second kappa shape index (κ2) is 6.26. The zero-order valence-electron chi connectivity index (χ0n) is 18.1. The Morgan fingerprint density at radius 3 is 2.41 bits per heavy atom. The van der Waals surface area contributed by atoms with Crippen molar-refractivity contribution >= 4 is 17.5 Å². The number of ketones is 2. The van der Waals surface area contributed by atoms with Crippen LogP contribution in [0.3, 0.4) is 0 Å². The summed E-state index contributed by atoms with van der Waals surface area (Å²) in [6.45, 7) is 15.9. The van der Waals surface area contributed by atoms with E-state index in [-0.39, 0.29) is 22.9 Å². The standard InChI is InChI=1S/C25H32O4/c1-14-11-19-20(23(5)9-7-18(28)13-21(14)23)8-10-24(6)22(19)12-15(2)25(24,16(3)26)29-17(4)27/h13,19-20,22H,1-2,7-12H2,3-6H3/t19-,20+,22+,23-,24+,25-/m1/s1. The Kier molecular flexibility index (Phi) is 4.39. The lowest BCUT2D eigenvalue weighted by atomic mass is 9.45. The molecule has 4 heteroatoms. The van der Waals surface area contributed by atoms with Gasteiger partial charge in [0.15, 0.2) is 17.2 Å². The summed E-state index contributed by atoms with van der Waals surface area (Å²) in [7, 11) is 0. The molecule has 29 heavy (non-hydrogen) atoms. The van der Waals surface area contributed by atoms with E-state index in [1.807, 2.05) is 6.08 Å². The van der Waals surface area contributed by atoms with Crippen LogP contribution < -0.4 is 0 Å². The summed E-state index contributed by atoms with van der Waals surface area (Å²) >= 11 is 0. The highest BCUT2D eigenvalue weighted by Gasteiger charge is 2.69. The van der Waals surface area contributed by atoms with Gasteiger partial charge in [0.1, 0.15) is 0 Å². The van der Waals surface area contributed by atoms with Crippen LogP contribution in [0.5, 0.6) is 0 Å². The van der Waals surface area contributed by atoms with Gasteiger partial charge in [0.05, 0.1) is 0 Å². The maximum absolute atomic E-state index is 12.9. The molecule has 0 saturated heterocycles. The van der Waals surface area contributed by atoms with Gasteiger partial charge in [-0.15, -0.1) is 0 Å². The van der Waals surface area contributed by atoms with Crippen LogP contribution in [-0.2, 0) is 19.1 Å². The number of hydrogen-bond donors (Lipinski definition) is 0. The minimum atomic E-state index is -1.23. The molecule has 0 unspecified atom stereocenters. The molecular weight excluding hydrogens is 364 g/mol. The van der Waals surface area contributed by atoms with E-state index in [4.69, 9.17) is 4.74 Å². The largest absolute Gasteiger partial charge is 0.446 e. The topological polar surface area (TPSA) is 60.4 Å². The Hall–Kier alpha value is -1.97. The number of allylic oxidation sites excluding steroid dienone is 2. The van der Waals surface area contributed by atoms with E-state index in [0.29, 0.717) is 24.7 Å². The molecule has 0 N–H and O–H groups in total. The molecule has 0 heterocycles. The molecule has 0 aromatic heterocycles. The number of fused-ring (bicyclic) bond motifs is 5. The summed E-state index contributed by atoms with van der Waals surface area (Å²) in [6, 6.07) is 0. The van der Waals surface area contributed by atoms with E-state index in [0.717, 1.165) is 42.4 Å². The Morgan fingerprint density at radius 2 is 1.79 bits per heavy atom. The number of esters is 1. The van der Waals surface area contributed by atoms with Crippen LogP contribution in [0.4, 0.5) is 0 Å². The Morgan fingerprint density at radius 1 is 1.10 bits per heavy atom. The molecule has 4 aliphatic rings. The summed E-state index contributed by atoms with van der Waals surface area (Å²) < 4.78 is 5.83. The minimum Gasteiger partial charge on any atom is -0.446 e. The van der Waals surface area contributed by atoms with Gasteiger partial charge in [0.2, 0.25) is 0 Å². The second-order valence-corrected chi connectivity index (χ2v) is 10.2. The molecule has 0 amide bonds. The predicted octanol–water partition coefficient (Wildman–Crippen LogP) is 4.74. The van der Waals surface area contributed by atoms with Gasteiger partial charge in [-0.05, 0) is 79.4 Å². The average Bonchev–Trinajstić information content (AvgIpc) is 2.85. The van der Waals surface area contributed by atoms with Gasteiger partial charge >= 0.3 is 5.97 Å². The van der Waals surface area contributed by atoms with Crippen LogP contribution in [0.15, 0.2) is 36.0 Å². The summed E-state index contributed by atoms with van der Waals surface area (Å²) in [5.41, 5.74) is 1.22. The number of hydrogen-bond acceptors (Lipinski definition) is 4. The lowest BCUT2D eigenvalue weighted by Crippen LogP contribution is -2.59. The first-order valence-electron chi connectivity index (χ1n) is 10.8. The number of ether oxygens (including phenoxy) is 1. The molecule has 0 aromatic carbocycles. The lowest BCUT2D eigenvalue weighted by molar-refractivity contribution is -0.181. The normalized spacial score (nSPS) is 43.8. The first kappa shape index (κ1) is 20.3. The molecule has 0 aromatic rings. The van der Waals surface area contributed by atoms with Crippen molar-refractivity contribution in [2.75, 3.05) is 0 Å². The van der Waals surface area contributed by atoms with Gasteiger partial charge in [0, 0.05) is 18.8 Å². The highest BCUT2D eigenvalue weighted by molar-refractivity contribution is 5.93. The minimum absolute atomic E-state index is 0.0422. The third-order valence-corrected chi connectivity index (χ3v) is 8.88. The predicted molar refractivity (Wildman–Crippen MR) is 111 cm³/mol. The van der Waals surface area contributed by atoms with E-state index in [2.05, 4.69) is 27.0 Å². The highest BCUT2D eigenvalue weighted by atomic mass is 16.6. The summed E-state index contributed by atoms with van der Waals surface area (Å²) in [4.78, 5) is 37.0. The molecule has 4 nitrogen and oxygen atoms in total. The van der Waals surface area contributed by atoms with Gasteiger partial charge in [0.25, 0.3) is 0 Å².